The summed E-state index contributed by atoms with van der Waals surface area (Å²) in [4.78, 5) is 12.5. The van der Waals surface area contributed by atoms with E-state index < -0.39 is 18.1 Å². The van der Waals surface area contributed by atoms with Crippen LogP contribution in [-0.2, 0) is 25.6 Å². The van der Waals surface area contributed by atoms with Crippen molar-refractivity contribution in [1.82, 2.24) is 5.32 Å². The van der Waals surface area contributed by atoms with E-state index >= 15 is 0 Å². The van der Waals surface area contributed by atoms with Crippen LogP contribution in [0.3, 0.4) is 0 Å². The topological polar surface area (TPSA) is 66.0 Å². The van der Waals surface area contributed by atoms with Gasteiger partial charge in [-0.1, -0.05) is 67.6 Å². The van der Waals surface area contributed by atoms with Crippen molar-refractivity contribution in [3.05, 3.63) is 71.8 Å². The lowest BCUT2D eigenvalue weighted by atomic mass is 9.90. The fourth-order valence-electron chi connectivity index (χ4n) is 3.23. The second kappa shape index (κ2) is 7.31. The third-order valence-electron chi connectivity index (χ3n) is 4.83. The highest BCUT2D eigenvalue weighted by atomic mass is 16.9. The van der Waals surface area contributed by atoms with Crippen LogP contribution >= 0.6 is 0 Å². The average Bonchev–Trinajstić information content (AvgIpc) is 2.73. The number of alkyl carbamates (subject to hydrolysis) is 1. The van der Waals surface area contributed by atoms with Crippen LogP contribution < -0.4 is 5.32 Å². The van der Waals surface area contributed by atoms with Gasteiger partial charge in [0.25, 0.3) is 0 Å². The molecule has 0 saturated carbocycles. The maximum Gasteiger partial charge on any atom is 0.408 e. The number of carbonyl (C=O) groups is 1. The van der Waals surface area contributed by atoms with Crippen molar-refractivity contribution in [2.45, 2.75) is 25.5 Å². The molecule has 3 aliphatic heterocycles. The minimum atomic E-state index is -1.34. The molecule has 0 radical (unpaired) electrons. The SMILES string of the molecule is CC12COC([C@H](NC(=O)OCc3ccccc3)c3ccccc3)(OC1)OC2. The normalized spacial score (nSPS) is 27.7. The Morgan fingerprint density at radius 2 is 1.56 bits per heavy atom. The summed E-state index contributed by atoms with van der Waals surface area (Å²) in [5.74, 6) is -1.34. The molecule has 2 aromatic rings. The summed E-state index contributed by atoms with van der Waals surface area (Å²) in [6, 6.07) is 18.4. The second-order valence-corrected chi connectivity index (χ2v) is 7.33. The summed E-state index contributed by atoms with van der Waals surface area (Å²) in [6.07, 6.45) is -0.559. The molecule has 0 aromatic heterocycles. The highest BCUT2D eigenvalue weighted by Gasteiger charge is 2.56. The lowest BCUT2D eigenvalue weighted by Gasteiger charge is -2.52. The summed E-state index contributed by atoms with van der Waals surface area (Å²) in [6.45, 7) is 3.77. The molecule has 3 aliphatic rings. The third kappa shape index (κ3) is 3.83. The average molecular weight is 369 g/mol. The predicted molar refractivity (Wildman–Crippen MR) is 97.6 cm³/mol. The number of nitrogens with one attached hydrogen (secondary N) is 1. The van der Waals surface area contributed by atoms with Gasteiger partial charge in [0.15, 0.2) is 0 Å². The minimum absolute atomic E-state index is 0.156. The van der Waals surface area contributed by atoms with Gasteiger partial charge in [-0.3, -0.25) is 0 Å². The number of carbonyl (C=O) groups excluding carboxylic acids is 1. The Kier molecular flexibility index (Phi) is 4.86. The van der Waals surface area contributed by atoms with E-state index in [0.29, 0.717) is 19.8 Å². The van der Waals surface area contributed by atoms with E-state index in [0.717, 1.165) is 11.1 Å². The Balaban J connectivity index is 1.50. The number of fused-ring (bicyclic) bond motifs is 3. The zero-order valence-electron chi connectivity index (χ0n) is 15.2. The minimum Gasteiger partial charge on any atom is -0.445 e. The van der Waals surface area contributed by atoms with Gasteiger partial charge in [0.2, 0.25) is 0 Å². The third-order valence-corrected chi connectivity index (χ3v) is 4.83. The molecule has 2 bridgehead atoms. The first-order valence-electron chi connectivity index (χ1n) is 9.03. The molecule has 1 N–H and O–H groups in total. The van der Waals surface area contributed by atoms with Crippen molar-refractivity contribution >= 4 is 6.09 Å². The molecule has 6 nitrogen and oxygen atoms in total. The van der Waals surface area contributed by atoms with Crippen LogP contribution in [0.25, 0.3) is 0 Å². The molecule has 3 fully saturated rings. The van der Waals surface area contributed by atoms with Gasteiger partial charge < -0.3 is 24.3 Å². The van der Waals surface area contributed by atoms with E-state index in [1.54, 1.807) is 0 Å². The van der Waals surface area contributed by atoms with E-state index in [9.17, 15) is 4.79 Å². The molecular weight excluding hydrogens is 346 g/mol. The van der Waals surface area contributed by atoms with E-state index in [2.05, 4.69) is 12.2 Å². The fraction of sp³-hybridized carbons (Fsp3) is 0.381. The van der Waals surface area contributed by atoms with Gasteiger partial charge in [0.1, 0.15) is 12.6 Å². The van der Waals surface area contributed by atoms with E-state index in [1.165, 1.54) is 0 Å². The van der Waals surface area contributed by atoms with Gasteiger partial charge in [-0.15, -0.1) is 0 Å². The van der Waals surface area contributed by atoms with Crippen molar-refractivity contribution in [2.24, 2.45) is 5.41 Å². The molecule has 1 amide bonds. The second-order valence-electron chi connectivity index (χ2n) is 7.33. The maximum atomic E-state index is 12.5. The molecular formula is C21H23NO5. The summed E-state index contributed by atoms with van der Waals surface area (Å²) < 4.78 is 23.2. The van der Waals surface area contributed by atoms with Crippen LogP contribution in [0.5, 0.6) is 0 Å². The van der Waals surface area contributed by atoms with Crippen molar-refractivity contribution in [1.29, 1.82) is 0 Å². The van der Waals surface area contributed by atoms with Gasteiger partial charge in [-0.05, 0) is 11.1 Å². The maximum absolute atomic E-state index is 12.5. The molecule has 1 atom stereocenters. The first-order chi connectivity index (χ1) is 13.1. The van der Waals surface area contributed by atoms with E-state index in [1.807, 2.05) is 60.7 Å². The van der Waals surface area contributed by atoms with Crippen molar-refractivity contribution in [3.63, 3.8) is 0 Å². The molecule has 3 heterocycles. The van der Waals surface area contributed by atoms with Crippen LogP contribution in [-0.4, -0.2) is 31.9 Å². The Morgan fingerprint density at radius 1 is 1.00 bits per heavy atom. The first-order valence-corrected chi connectivity index (χ1v) is 9.03. The zero-order valence-corrected chi connectivity index (χ0v) is 15.2. The highest BCUT2D eigenvalue weighted by Crippen LogP contribution is 2.44. The van der Waals surface area contributed by atoms with Crippen LogP contribution in [0.15, 0.2) is 60.7 Å². The predicted octanol–water partition coefficient (Wildman–Crippen LogP) is 3.39. The van der Waals surface area contributed by atoms with Gasteiger partial charge in [-0.2, -0.15) is 0 Å². The van der Waals surface area contributed by atoms with Crippen LogP contribution in [0.2, 0.25) is 0 Å². The lowest BCUT2D eigenvalue weighted by molar-refractivity contribution is -0.475. The molecule has 142 valence electrons. The first kappa shape index (κ1) is 18.0. The molecule has 27 heavy (non-hydrogen) atoms. The molecule has 0 aliphatic carbocycles. The summed E-state index contributed by atoms with van der Waals surface area (Å²) in [5.41, 5.74) is 1.58. The van der Waals surface area contributed by atoms with Crippen molar-refractivity contribution < 1.29 is 23.7 Å². The van der Waals surface area contributed by atoms with Crippen LogP contribution in [0.4, 0.5) is 4.79 Å². The van der Waals surface area contributed by atoms with Crippen LogP contribution in [0, 0.1) is 5.41 Å². The van der Waals surface area contributed by atoms with Crippen LogP contribution in [0.1, 0.15) is 24.1 Å². The summed E-state index contributed by atoms with van der Waals surface area (Å²) in [7, 11) is 0. The number of rotatable bonds is 5. The number of hydrogen-bond donors (Lipinski definition) is 1. The highest BCUT2D eigenvalue weighted by molar-refractivity contribution is 5.68. The number of ether oxygens (including phenoxy) is 4. The standard InChI is InChI=1S/C21H23NO5/c1-20-13-25-21(26-14-20,27-15-20)18(17-10-6-3-7-11-17)22-19(23)24-12-16-8-4-2-5-9-16/h2-11,18H,12-15H2,1H3,(H,22,23)/t18-,20?,21?/m1/s1. The Hall–Kier alpha value is -2.41. The lowest BCUT2D eigenvalue weighted by Crippen LogP contribution is -2.64. The fourth-order valence-corrected chi connectivity index (χ4v) is 3.23. The van der Waals surface area contributed by atoms with Gasteiger partial charge in [0.05, 0.1) is 19.8 Å². The number of benzene rings is 2. The summed E-state index contributed by atoms with van der Waals surface area (Å²) >= 11 is 0. The Bertz CT molecular complexity index is 755. The number of hydrogen-bond acceptors (Lipinski definition) is 5. The number of amides is 1. The Morgan fingerprint density at radius 3 is 2.15 bits per heavy atom. The van der Waals surface area contributed by atoms with Crippen molar-refractivity contribution in [3.8, 4) is 0 Å². The van der Waals surface area contributed by atoms with Gasteiger partial charge >= 0.3 is 12.1 Å². The van der Waals surface area contributed by atoms with E-state index in [-0.39, 0.29) is 12.0 Å². The quantitative estimate of drug-likeness (QED) is 0.875. The zero-order chi connectivity index (χ0) is 18.7. The Labute approximate surface area is 158 Å². The smallest absolute Gasteiger partial charge is 0.408 e. The molecule has 0 spiro atoms. The molecule has 0 unspecified atom stereocenters. The van der Waals surface area contributed by atoms with Crippen molar-refractivity contribution in [2.75, 3.05) is 19.8 Å². The molecule has 3 saturated heterocycles. The molecule has 5 rings (SSSR count). The monoisotopic (exact) mass is 369 g/mol. The van der Waals surface area contributed by atoms with Gasteiger partial charge in [0, 0.05) is 5.41 Å². The van der Waals surface area contributed by atoms with Gasteiger partial charge in [-0.25, -0.2) is 4.79 Å². The molecule has 2 aromatic carbocycles. The molecule has 6 heteroatoms. The summed E-state index contributed by atoms with van der Waals surface area (Å²) in [5, 5.41) is 2.87. The largest absolute Gasteiger partial charge is 0.445 e. The van der Waals surface area contributed by atoms with E-state index in [4.69, 9.17) is 18.9 Å².